The zero-order valence-electron chi connectivity index (χ0n) is 9.70. The molecule has 0 aliphatic carbocycles. The van der Waals surface area contributed by atoms with Crippen LogP contribution in [0.15, 0.2) is 12.3 Å². The van der Waals surface area contributed by atoms with Gasteiger partial charge in [-0.15, -0.1) is 0 Å². The number of halogens is 1. The van der Waals surface area contributed by atoms with Crippen molar-refractivity contribution in [1.29, 1.82) is 0 Å². The molecule has 1 heterocycles. The van der Waals surface area contributed by atoms with Crippen LogP contribution in [0.4, 0.5) is 4.39 Å². The van der Waals surface area contributed by atoms with E-state index in [0.717, 1.165) is 12.1 Å². The van der Waals surface area contributed by atoms with Crippen molar-refractivity contribution < 1.29 is 4.39 Å². The summed E-state index contributed by atoms with van der Waals surface area (Å²) in [6.45, 7) is 5.73. The Morgan fingerprint density at radius 3 is 2.87 bits per heavy atom. The summed E-state index contributed by atoms with van der Waals surface area (Å²) in [5.74, 6) is 0. The summed E-state index contributed by atoms with van der Waals surface area (Å²) < 4.78 is 15.5. The second-order valence-electron chi connectivity index (χ2n) is 4.34. The van der Waals surface area contributed by atoms with E-state index < -0.39 is 5.67 Å². The van der Waals surface area contributed by atoms with Gasteiger partial charge >= 0.3 is 0 Å². The third-order valence-corrected chi connectivity index (χ3v) is 2.68. The molecule has 1 aromatic rings. The third-order valence-electron chi connectivity index (χ3n) is 2.68. The molecular weight excluding hydrogens is 193 g/mol. The third kappa shape index (κ3) is 3.30. The number of hydrogen-bond acceptors (Lipinski definition) is 2. The molecule has 2 unspecified atom stereocenters. The van der Waals surface area contributed by atoms with Gasteiger partial charge in [0, 0.05) is 25.2 Å². The van der Waals surface area contributed by atoms with Gasteiger partial charge in [0.15, 0.2) is 0 Å². The van der Waals surface area contributed by atoms with Gasteiger partial charge in [0.05, 0.1) is 5.69 Å². The first-order valence-electron chi connectivity index (χ1n) is 5.41. The summed E-state index contributed by atoms with van der Waals surface area (Å²) in [4.78, 5) is 0. The van der Waals surface area contributed by atoms with E-state index in [9.17, 15) is 4.39 Å². The highest BCUT2D eigenvalue weighted by Gasteiger charge is 2.22. The van der Waals surface area contributed by atoms with Crippen LogP contribution in [0.25, 0.3) is 0 Å². The molecule has 2 atom stereocenters. The SMILES string of the molecule is CCC(C)n1ccc(CC(C)(F)CN)n1. The highest BCUT2D eigenvalue weighted by molar-refractivity contribution is 5.04. The van der Waals surface area contributed by atoms with E-state index in [4.69, 9.17) is 5.73 Å². The van der Waals surface area contributed by atoms with Crippen LogP contribution in [-0.2, 0) is 6.42 Å². The zero-order valence-corrected chi connectivity index (χ0v) is 9.70. The Bertz CT molecular complexity index is 307. The average Bonchev–Trinajstić information content (AvgIpc) is 2.64. The molecule has 4 heteroatoms. The number of rotatable bonds is 5. The Morgan fingerprint density at radius 2 is 2.33 bits per heavy atom. The summed E-state index contributed by atoms with van der Waals surface area (Å²) in [7, 11) is 0. The van der Waals surface area contributed by atoms with Crippen LogP contribution >= 0.6 is 0 Å². The van der Waals surface area contributed by atoms with Crippen molar-refractivity contribution in [2.24, 2.45) is 5.73 Å². The summed E-state index contributed by atoms with van der Waals surface area (Å²) >= 11 is 0. The number of nitrogens with two attached hydrogens (primary N) is 1. The molecule has 0 fully saturated rings. The van der Waals surface area contributed by atoms with Crippen molar-refractivity contribution in [3.63, 3.8) is 0 Å². The Morgan fingerprint density at radius 1 is 1.67 bits per heavy atom. The van der Waals surface area contributed by atoms with E-state index in [1.165, 1.54) is 6.92 Å². The van der Waals surface area contributed by atoms with Gasteiger partial charge in [-0.05, 0) is 26.3 Å². The molecule has 1 rings (SSSR count). The Kier molecular flexibility index (Phi) is 3.85. The van der Waals surface area contributed by atoms with Crippen molar-refractivity contribution >= 4 is 0 Å². The second kappa shape index (κ2) is 4.75. The van der Waals surface area contributed by atoms with Crippen molar-refractivity contribution in [1.82, 2.24) is 9.78 Å². The predicted octanol–water partition coefficient (Wildman–Crippen LogP) is 2.08. The molecule has 0 spiro atoms. The predicted molar refractivity (Wildman–Crippen MR) is 59.5 cm³/mol. The maximum atomic E-state index is 13.6. The quantitative estimate of drug-likeness (QED) is 0.813. The molecule has 0 saturated carbocycles. The van der Waals surface area contributed by atoms with Gasteiger partial charge < -0.3 is 5.73 Å². The lowest BCUT2D eigenvalue weighted by Gasteiger charge is -2.16. The van der Waals surface area contributed by atoms with E-state index in [2.05, 4.69) is 18.9 Å². The molecular formula is C11H20FN3. The smallest absolute Gasteiger partial charge is 0.126 e. The van der Waals surface area contributed by atoms with Gasteiger partial charge in [-0.3, -0.25) is 4.68 Å². The van der Waals surface area contributed by atoms with Crippen LogP contribution in [-0.4, -0.2) is 22.0 Å². The molecule has 0 bridgehead atoms. The van der Waals surface area contributed by atoms with Crippen LogP contribution in [0.5, 0.6) is 0 Å². The van der Waals surface area contributed by atoms with E-state index in [0.29, 0.717) is 6.04 Å². The number of hydrogen-bond donors (Lipinski definition) is 1. The van der Waals surface area contributed by atoms with E-state index >= 15 is 0 Å². The first-order valence-corrected chi connectivity index (χ1v) is 5.41. The summed E-state index contributed by atoms with van der Waals surface area (Å²) in [6, 6.07) is 2.22. The number of alkyl halides is 1. The van der Waals surface area contributed by atoms with Crippen molar-refractivity contribution in [3.8, 4) is 0 Å². The Hall–Kier alpha value is -0.900. The average molecular weight is 213 g/mol. The lowest BCUT2D eigenvalue weighted by atomic mass is 10.0. The maximum Gasteiger partial charge on any atom is 0.126 e. The lowest BCUT2D eigenvalue weighted by Crippen LogP contribution is -2.31. The van der Waals surface area contributed by atoms with Gasteiger partial charge in [0.1, 0.15) is 5.67 Å². The summed E-state index contributed by atoms with van der Waals surface area (Å²) in [5, 5.41) is 4.34. The van der Waals surface area contributed by atoms with Gasteiger partial charge in [-0.1, -0.05) is 6.92 Å². The Labute approximate surface area is 90.5 Å². The second-order valence-corrected chi connectivity index (χ2v) is 4.34. The van der Waals surface area contributed by atoms with Gasteiger partial charge in [-0.2, -0.15) is 5.10 Å². The van der Waals surface area contributed by atoms with Crippen LogP contribution < -0.4 is 5.73 Å². The van der Waals surface area contributed by atoms with Gasteiger partial charge in [-0.25, -0.2) is 4.39 Å². The highest BCUT2D eigenvalue weighted by Crippen LogP contribution is 2.16. The highest BCUT2D eigenvalue weighted by atomic mass is 19.1. The summed E-state index contributed by atoms with van der Waals surface area (Å²) in [6.07, 6.45) is 3.20. The fourth-order valence-corrected chi connectivity index (χ4v) is 1.35. The van der Waals surface area contributed by atoms with E-state index in [1.54, 1.807) is 0 Å². The Balaban J connectivity index is 2.68. The van der Waals surface area contributed by atoms with E-state index in [-0.39, 0.29) is 13.0 Å². The molecule has 3 nitrogen and oxygen atoms in total. The van der Waals surface area contributed by atoms with E-state index in [1.807, 2.05) is 16.9 Å². The molecule has 0 aliphatic heterocycles. The fraction of sp³-hybridized carbons (Fsp3) is 0.727. The van der Waals surface area contributed by atoms with Crippen LogP contribution in [0.1, 0.15) is 38.9 Å². The zero-order chi connectivity index (χ0) is 11.5. The van der Waals surface area contributed by atoms with Crippen LogP contribution in [0.2, 0.25) is 0 Å². The number of aromatic nitrogens is 2. The number of nitrogens with zero attached hydrogens (tertiary/aromatic N) is 2. The van der Waals surface area contributed by atoms with Crippen molar-refractivity contribution in [3.05, 3.63) is 18.0 Å². The summed E-state index contributed by atoms with van der Waals surface area (Å²) in [5.41, 5.74) is 4.75. The molecule has 86 valence electrons. The van der Waals surface area contributed by atoms with Gasteiger partial charge in [0.2, 0.25) is 0 Å². The molecule has 0 aliphatic rings. The van der Waals surface area contributed by atoms with Crippen LogP contribution in [0, 0.1) is 0 Å². The first kappa shape index (κ1) is 12.2. The van der Waals surface area contributed by atoms with Crippen molar-refractivity contribution in [2.75, 3.05) is 6.54 Å². The molecule has 2 N–H and O–H groups in total. The molecule has 0 saturated heterocycles. The monoisotopic (exact) mass is 213 g/mol. The topological polar surface area (TPSA) is 43.8 Å². The largest absolute Gasteiger partial charge is 0.328 e. The fourth-order valence-electron chi connectivity index (χ4n) is 1.35. The standard InChI is InChI=1S/C11H20FN3/c1-4-9(2)15-6-5-10(14-15)7-11(3,12)8-13/h5-6,9H,4,7-8,13H2,1-3H3. The first-order chi connectivity index (χ1) is 6.98. The van der Waals surface area contributed by atoms with Gasteiger partial charge in [0.25, 0.3) is 0 Å². The minimum absolute atomic E-state index is 0.0309. The maximum absolute atomic E-state index is 13.6. The molecule has 0 radical (unpaired) electrons. The normalized spacial score (nSPS) is 17.4. The van der Waals surface area contributed by atoms with Crippen molar-refractivity contribution in [2.45, 2.75) is 45.3 Å². The van der Waals surface area contributed by atoms with Crippen LogP contribution in [0.3, 0.4) is 0 Å². The molecule has 0 aromatic carbocycles. The minimum atomic E-state index is -1.35. The molecule has 1 aromatic heterocycles. The molecule has 0 amide bonds. The minimum Gasteiger partial charge on any atom is -0.328 e. The lowest BCUT2D eigenvalue weighted by molar-refractivity contribution is 0.197. The molecule has 15 heavy (non-hydrogen) atoms.